The van der Waals surface area contributed by atoms with Crippen molar-refractivity contribution in [1.29, 1.82) is 5.41 Å². The summed E-state index contributed by atoms with van der Waals surface area (Å²) < 4.78 is 0. The molecule has 0 amide bonds. The molecule has 1 atom stereocenters. The van der Waals surface area contributed by atoms with Crippen molar-refractivity contribution in [2.45, 2.75) is 5.92 Å². The molecule has 3 nitrogen and oxygen atoms in total. The summed E-state index contributed by atoms with van der Waals surface area (Å²) in [7, 11) is 0. The van der Waals surface area contributed by atoms with Crippen LogP contribution >= 0.6 is 0 Å². The highest BCUT2D eigenvalue weighted by Gasteiger charge is 2.42. The van der Waals surface area contributed by atoms with Crippen molar-refractivity contribution < 1.29 is 9.59 Å². The second-order valence-electron chi connectivity index (χ2n) is 3.72. The van der Waals surface area contributed by atoms with E-state index in [2.05, 4.69) is 0 Å². The van der Waals surface area contributed by atoms with Crippen molar-refractivity contribution in [3.05, 3.63) is 41.0 Å². The Hall–Kier alpha value is -2.03. The highest BCUT2D eigenvalue weighted by atomic mass is 16.2. The molecular weight excluding hydrogens is 190 g/mol. The van der Waals surface area contributed by atoms with Crippen LogP contribution in [-0.2, 0) is 4.79 Å². The van der Waals surface area contributed by atoms with Gasteiger partial charge in [0, 0.05) is 11.3 Å². The van der Waals surface area contributed by atoms with Crippen LogP contribution in [0.4, 0.5) is 0 Å². The third-order valence-electron chi connectivity index (χ3n) is 2.91. The van der Waals surface area contributed by atoms with E-state index in [0.717, 1.165) is 11.1 Å². The highest BCUT2D eigenvalue weighted by Crippen LogP contribution is 2.37. The first-order valence-corrected chi connectivity index (χ1v) is 4.68. The topological polar surface area (TPSA) is 58.0 Å². The second-order valence-corrected chi connectivity index (χ2v) is 3.72. The molecule has 1 N–H and O–H groups in total. The van der Waals surface area contributed by atoms with Gasteiger partial charge in [0.1, 0.15) is 0 Å². The normalized spacial score (nSPS) is 22.1. The lowest BCUT2D eigenvalue weighted by molar-refractivity contribution is -0.114. The number of ketones is 2. The average Bonchev–Trinajstić information content (AvgIpc) is 2.50. The number of carbonyl (C=O) groups is 2. The predicted molar refractivity (Wildman–Crippen MR) is 55.3 cm³/mol. The number of benzene rings is 1. The standard InChI is InChI=1S/C12H7NO2/c13-8-5-4-6-2-1-3-7-9(6)10(8)12(15)11(7)14/h1-5,10,13H. The first-order valence-electron chi connectivity index (χ1n) is 4.68. The van der Waals surface area contributed by atoms with Crippen LogP contribution < -0.4 is 0 Å². The summed E-state index contributed by atoms with van der Waals surface area (Å²) in [5.41, 5.74) is 2.29. The number of allylic oxidation sites excluding steroid dienone is 1. The third kappa shape index (κ3) is 0.871. The quantitative estimate of drug-likeness (QED) is 0.642. The zero-order valence-corrected chi connectivity index (χ0v) is 7.78. The van der Waals surface area contributed by atoms with Gasteiger partial charge < -0.3 is 5.41 Å². The Labute approximate surface area is 85.9 Å². The molecule has 0 aliphatic heterocycles. The molecule has 0 saturated heterocycles. The van der Waals surface area contributed by atoms with E-state index in [4.69, 9.17) is 5.41 Å². The highest BCUT2D eigenvalue weighted by molar-refractivity contribution is 6.53. The van der Waals surface area contributed by atoms with Gasteiger partial charge in [-0.2, -0.15) is 0 Å². The van der Waals surface area contributed by atoms with Gasteiger partial charge >= 0.3 is 0 Å². The zero-order chi connectivity index (χ0) is 10.6. The first-order chi connectivity index (χ1) is 7.20. The summed E-state index contributed by atoms with van der Waals surface area (Å²) in [6.07, 6.45) is 3.37. The number of hydrogen-bond acceptors (Lipinski definition) is 3. The molecule has 0 heterocycles. The molecule has 1 unspecified atom stereocenters. The SMILES string of the molecule is N=C1C=Cc2cccc3c2C1C(=O)C3=O. The van der Waals surface area contributed by atoms with E-state index in [1.54, 1.807) is 24.3 Å². The molecular formula is C12H7NO2. The van der Waals surface area contributed by atoms with E-state index < -0.39 is 17.5 Å². The first kappa shape index (κ1) is 8.29. The van der Waals surface area contributed by atoms with E-state index in [1.165, 1.54) is 0 Å². The van der Waals surface area contributed by atoms with Crippen molar-refractivity contribution >= 4 is 23.4 Å². The number of rotatable bonds is 0. The number of carbonyl (C=O) groups excluding carboxylic acids is 2. The van der Waals surface area contributed by atoms with Gasteiger partial charge in [-0.15, -0.1) is 0 Å². The molecule has 0 radical (unpaired) electrons. The van der Waals surface area contributed by atoms with Crippen molar-refractivity contribution in [3.63, 3.8) is 0 Å². The summed E-state index contributed by atoms with van der Waals surface area (Å²) in [4.78, 5) is 23.3. The average molecular weight is 197 g/mol. The van der Waals surface area contributed by atoms with Gasteiger partial charge in [-0.1, -0.05) is 24.3 Å². The molecule has 3 heteroatoms. The molecule has 3 rings (SSSR count). The number of Topliss-reactive ketones (excluding diaryl/α,β-unsaturated/α-hetero) is 2. The molecule has 2 aliphatic rings. The predicted octanol–water partition coefficient (Wildman–Crippen LogP) is 1.58. The molecule has 1 aromatic rings. The molecule has 0 fully saturated rings. The fourth-order valence-corrected chi connectivity index (χ4v) is 2.22. The van der Waals surface area contributed by atoms with E-state index in [9.17, 15) is 9.59 Å². The molecule has 15 heavy (non-hydrogen) atoms. The Kier molecular flexibility index (Phi) is 1.39. The van der Waals surface area contributed by atoms with Gasteiger partial charge in [0.25, 0.3) is 0 Å². The van der Waals surface area contributed by atoms with Gasteiger partial charge in [0.15, 0.2) is 0 Å². The molecule has 0 spiro atoms. The number of hydrogen-bond donors (Lipinski definition) is 1. The Balaban J connectivity index is 2.41. The summed E-state index contributed by atoms with van der Waals surface area (Å²) in [6, 6.07) is 5.28. The maximum atomic E-state index is 11.7. The number of nitrogens with one attached hydrogen (secondary N) is 1. The van der Waals surface area contributed by atoms with Crippen molar-refractivity contribution in [2.24, 2.45) is 0 Å². The molecule has 0 bridgehead atoms. The maximum Gasteiger partial charge on any atom is 0.229 e. The smallest absolute Gasteiger partial charge is 0.229 e. The van der Waals surface area contributed by atoms with Crippen LogP contribution in [0.3, 0.4) is 0 Å². The largest absolute Gasteiger partial charge is 0.304 e. The monoisotopic (exact) mass is 197 g/mol. The van der Waals surface area contributed by atoms with E-state index in [-0.39, 0.29) is 5.71 Å². The Bertz CT molecular complexity index is 555. The minimum Gasteiger partial charge on any atom is -0.304 e. The van der Waals surface area contributed by atoms with Gasteiger partial charge in [0.2, 0.25) is 11.6 Å². The summed E-state index contributed by atoms with van der Waals surface area (Å²) >= 11 is 0. The van der Waals surface area contributed by atoms with Crippen LogP contribution in [0.2, 0.25) is 0 Å². The molecule has 1 aromatic carbocycles. The van der Waals surface area contributed by atoms with Crippen molar-refractivity contribution in [1.82, 2.24) is 0 Å². The van der Waals surface area contributed by atoms with E-state index >= 15 is 0 Å². The molecule has 0 aromatic heterocycles. The van der Waals surface area contributed by atoms with Crippen LogP contribution in [0.1, 0.15) is 27.4 Å². The lowest BCUT2D eigenvalue weighted by atomic mass is 9.87. The maximum absolute atomic E-state index is 11.7. The van der Waals surface area contributed by atoms with Gasteiger partial charge in [-0.3, -0.25) is 9.59 Å². The summed E-state index contributed by atoms with van der Waals surface area (Å²) in [6.45, 7) is 0. The van der Waals surface area contributed by atoms with Crippen LogP contribution in [0.25, 0.3) is 6.08 Å². The third-order valence-corrected chi connectivity index (χ3v) is 2.91. The van der Waals surface area contributed by atoms with Crippen molar-refractivity contribution in [3.8, 4) is 0 Å². The lowest BCUT2D eigenvalue weighted by Crippen LogP contribution is -2.20. The Morgan fingerprint density at radius 2 is 1.93 bits per heavy atom. The van der Waals surface area contributed by atoms with Gasteiger partial charge in [0.05, 0.1) is 5.92 Å². The van der Waals surface area contributed by atoms with E-state index in [0.29, 0.717) is 5.56 Å². The minimum atomic E-state index is -0.645. The Morgan fingerprint density at radius 1 is 1.13 bits per heavy atom. The zero-order valence-electron chi connectivity index (χ0n) is 7.78. The van der Waals surface area contributed by atoms with E-state index in [1.807, 2.05) is 6.07 Å². The fourth-order valence-electron chi connectivity index (χ4n) is 2.22. The van der Waals surface area contributed by atoms with Gasteiger partial charge in [-0.25, -0.2) is 0 Å². The summed E-state index contributed by atoms with van der Waals surface area (Å²) in [5, 5.41) is 7.67. The lowest BCUT2D eigenvalue weighted by Gasteiger charge is -2.15. The molecule has 2 aliphatic carbocycles. The second kappa shape index (κ2) is 2.51. The van der Waals surface area contributed by atoms with Gasteiger partial charge in [-0.05, 0) is 17.2 Å². The minimum absolute atomic E-state index is 0.214. The van der Waals surface area contributed by atoms with Crippen molar-refractivity contribution in [2.75, 3.05) is 0 Å². The Morgan fingerprint density at radius 3 is 2.73 bits per heavy atom. The van der Waals surface area contributed by atoms with Crippen LogP contribution in [0, 0.1) is 5.41 Å². The van der Waals surface area contributed by atoms with Crippen LogP contribution in [-0.4, -0.2) is 17.3 Å². The van der Waals surface area contributed by atoms with Crippen LogP contribution in [0.5, 0.6) is 0 Å². The molecule has 0 saturated carbocycles. The summed E-state index contributed by atoms with van der Waals surface area (Å²) in [5.74, 6) is -1.56. The van der Waals surface area contributed by atoms with Crippen LogP contribution in [0.15, 0.2) is 24.3 Å². The fraction of sp³-hybridized carbons (Fsp3) is 0.0833. The molecule has 72 valence electrons.